The highest BCUT2D eigenvalue weighted by molar-refractivity contribution is 5.60. The Balaban J connectivity index is 1.98. The highest BCUT2D eigenvalue weighted by Crippen LogP contribution is 2.46. The van der Waals surface area contributed by atoms with Crippen LogP contribution in [0.15, 0.2) is 22.7 Å². The van der Waals surface area contributed by atoms with Crippen molar-refractivity contribution in [2.75, 3.05) is 5.73 Å². The van der Waals surface area contributed by atoms with Crippen molar-refractivity contribution >= 4 is 5.69 Å². The summed E-state index contributed by atoms with van der Waals surface area (Å²) in [6.45, 7) is 2.10. The monoisotopic (exact) mass is 233 g/mol. The molecule has 17 heavy (non-hydrogen) atoms. The first-order valence-corrected chi connectivity index (χ1v) is 5.48. The smallest absolute Gasteiger partial charge is 0.258 e. The van der Waals surface area contributed by atoms with Crippen molar-refractivity contribution in [3.63, 3.8) is 0 Å². The standard InChI is InChI=1S/C12H12FN3O/c1-12(4-5-12)11-15-10(17-16-11)7-2-3-8(13)9(14)6-7/h2-3,6H,4-5,14H2,1H3. The molecule has 1 aromatic heterocycles. The number of hydrogen-bond donors (Lipinski definition) is 1. The summed E-state index contributed by atoms with van der Waals surface area (Å²) in [5.74, 6) is 0.665. The molecule has 1 aliphatic carbocycles. The van der Waals surface area contributed by atoms with Crippen molar-refractivity contribution in [3.8, 4) is 11.5 Å². The van der Waals surface area contributed by atoms with Crippen LogP contribution in [0.5, 0.6) is 0 Å². The molecule has 0 aliphatic heterocycles. The van der Waals surface area contributed by atoms with Gasteiger partial charge in [0.2, 0.25) is 0 Å². The van der Waals surface area contributed by atoms with Crippen molar-refractivity contribution in [1.29, 1.82) is 0 Å². The summed E-state index contributed by atoms with van der Waals surface area (Å²) < 4.78 is 18.2. The van der Waals surface area contributed by atoms with Crippen LogP contribution in [-0.2, 0) is 5.41 Å². The fraction of sp³-hybridized carbons (Fsp3) is 0.333. The molecule has 88 valence electrons. The molecule has 5 heteroatoms. The summed E-state index contributed by atoms with van der Waals surface area (Å²) in [7, 11) is 0. The van der Waals surface area contributed by atoms with E-state index in [2.05, 4.69) is 17.1 Å². The molecule has 3 rings (SSSR count). The zero-order valence-electron chi connectivity index (χ0n) is 9.40. The van der Waals surface area contributed by atoms with Crippen LogP contribution in [0.4, 0.5) is 10.1 Å². The average molecular weight is 233 g/mol. The lowest BCUT2D eigenvalue weighted by atomic mass is 10.1. The molecule has 2 N–H and O–H groups in total. The van der Waals surface area contributed by atoms with E-state index in [0.717, 1.165) is 18.7 Å². The van der Waals surface area contributed by atoms with Gasteiger partial charge >= 0.3 is 0 Å². The van der Waals surface area contributed by atoms with Gasteiger partial charge in [0.1, 0.15) is 5.82 Å². The van der Waals surface area contributed by atoms with Crippen LogP contribution in [0.1, 0.15) is 25.6 Å². The molecule has 2 aromatic rings. The first-order valence-electron chi connectivity index (χ1n) is 5.48. The molecule has 0 radical (unpaired) electrons. The summed E-state index contributed by atoms with van der Waals surface area (Å²) >= 11 is 0. The molecule has 4 nitrogen and oxygen atoms in total. The zero-order chi connectivity index (χ0) is 12.0. The number of nitrogen functional groups attached to an aromatic ring is 1. The predicted octanol–water partition coefficient (Wildman–Crippen LogP) is 2.51. The minimum atomic E-state index is -0.442. The number of hydrogen-bond acceptors (Lipinski definition) is 4. The fourth-order valence-corrected chi connectivity index (χ4v) is 1.67. The van der Waals surface area contributed by atoms with Crippen LogP contribution >= 0.6 is 0 Å². The van der Waals surface area contributed by atoms with Gasteiger partial charge in [-0.15, -0.1) is 0 Å². The molecule has 1 aromatic carbocycles. The Kier molecular flexibility index (Phi) is 1.98. The van der Waals surface area contributed by atoms with E-state index in [1.54, 1.807) is 6.07 Å². The van der Waals surface area contributed by atoms with Crippen LogP contribution < -0.4 is 5.73 Å². The first-order chi connectivity index (χ1) is 8.08. The Hall–Kier alpha value is -1.91. The van der Waals surface area contributed by atoms with Crippen molar-refractivity contribution in [3.05, 3.63) is 29.8 Å². The molecule has 0 unspecified atom stereocenters. The van der Waals surface area contributed by atoms with Crippen molar-refractivity contribution in [1.82, 2.24) is 10.1 Å². The van der Waals surface area contributed by atoms with Crippen molar-refractivity contribution < 1.29 is 8.91 Å². The van der Waals surface area contributed by atoms with Gasteiger partial charge in [-0.05, 0) is 31.0 Å². The van der Waals surface area contributed by atoms with E-state index >= 15 is 0 Å². The predicted molar refractivity (Wildman–Crippen MR) is 60.7 cm³/mol. The Labute approximate surface area is 97.6 Å². The van der Waals surface area contributed by atoms with Gasteiger partial charge in [-0.3, -0.25) is 0 Å². The third-order valence-electron chi connectivity index (χ3n) is 3.21. The number of aromatic nitrogens is 2. The number of nitrogens with zero attached hydrogens (tertiary/aromatic N) is 2. The topological polar surface area (TPSA) is 64.9 Å². The molecular weight excluding hydrogens is 221 g/mol. The second kappa shape index (κ2) is 3.29. The summed E-state index contributed by atoms with van der Waals surface area (Å²) in [4.78, 5) is 4.33. The van der Waals surface area contributed by atoms with Gasteiger partial charge in [-0.25, -0.2) is 4.39 Å². The maximum atomic E-state index is 13.0. The molecule has 1 fully saturated rings. The Morgan fingerprint density at radius 3 is 2.82 bits per heavy atom. The molecule has 0 spiro atoms. The van der Waals surface area contributed by atoms with Gasteiger partial charge in [-0.2, -0.15) is 4.98 Å². The zero-order valence-corrected chi connectivity index (χ0v) is 9.40. The Bertz CT molecular complexity index is 575. The van der Waals surface area contributed by atoms with E-state index in [-0.39, 0.29) is 11.1 Å². The largest absolute Gasteiger partial charge is 0.396 e. The van der Waals surface area contributed by atoms with E-state index in [4.69, 9.17) is 10.3 Å². The highest BCUT2D eigenvalue weighted by Gasteiger charge is 2.43. The first kappa shape index (κ1) is 10.3. The molecule has 0 bridgehead atoms. The highest BCUT2D eigenvalue weighted by atomic mass is 19.1. The average Bonchev–Trinajstić information content (AvgIpc) is 2.88. The molecule has 0 amide bonds. The van der Waals surface area contributed by atoms with Crippen LogP contribution in [0.2, 0.25) is 0 Å². The lowest BCUT2D eigenvalue weighted by Crippen LogP contribution is -2.01. The fourth-order valence-electron chi connectivity index (χ4n) is 1.67. The van der Waals surface area contributed by atoms with E-state index in [1.165, 1.54) is 12.1 Å². The number of halogens is 1. The molecule has 0 saturated heterocycles. The van der Waals surface area contributed by atoms with E-state index < -0.39 is 5.82 Å². The second-order valence-electron chi connectivity index (χ2n) is 4.72. The lowest BCUT2D eigenvalue weighted by molar-refractivity contribution is 0.416. The van der Waals surface area contributed by atoms with Crippen LogP contribution in [0.25, 0.3) is 11.5 Å². The third kappa shape index (κ3) is 1.67. The van der Waals surface area contributed by atoms with Crippen LogP contribution in [-0.4, -0.2) is 10.1 Å². The van der Waals surface area contributed by atoms with Gasteiger partial charge in [0, 0.05) is 11.0 Å². The third-order valence-corrected chi connectivity index (χ3v) is 3.21. The maximum Gasteiger partial charge on any atom is 0.258 e. The minimum Gasteiger partial charge on any atom is -0.396 e. The van der Waals surface area contributed by atoms with Crippen LogP contribution in [0.3, 0.4) is 0 Å². The molecule has 1 aliphatic rings. The second-order valence-corrected chi connectivity index (χ2v) is 4.72. The molecule has 1 saturated carbocycles. The van der Waals surface area contributed by atoms with Gasteiger partial charge in [-0.1, -0.05) is 12.1 Å². The van der Waals surface area contributed by atoms with Crippen molar-refractivity contribution in [2.45, 2.75) is 25.2 Å². The maximum absolute atomic E-state index is 13.0. The SMILES string of the molecule is CC1(c2noc(-c3ccc(F)c(N)c3)n2)CC1. The van der Waals surface area contributed by atoms with Crippen molar-refractivity contribution in [2.24, 2.45) is 0 Å². The lowest BCUT2D eigenvalue weighted by Gasteiger charge is -1.99. The summed E-state index contributed by atoms with van der Waals surface area (Å²) in [5.41, 5.74) is 6.29. The van der Waals surface area contributed by atoms with Gasteiger partial charge in [0.15, 0.2) is 5.82 Å². The molecule has 1 heterocycles. The number of anilines is 1. The number of nitrogens with two attached hydrogens (primary N) is 1. The van der Waals surface area contributed by atoms with E-state index in [1.807, 2.05) is 0 Å². The Morgan fingerprint density at radius 2 is 2.18 bits per heavy atom. The summed E-state index contributed by atoms with van der Waals surface area (Å²) in [5, 5.41) is 3.96. The summed E-state index contributed by atoms with van der Waals surface area (Å²) in [6.07, 6.45) is 2.16. The van der Waals surface area contributed by atoms with Gasteiger partial charge in [0.05, 0.1) is 5.69 Å². The van der Waals surface area contributed by atoms with E-state index in [9.17, 15) is 4.39 Å². The number of benzene rings is 1. The molecular formula is C12H12FN3O. The van der Waals surface area contributed by atoms with E-state index in [0.29, 0.717) is 11.5 Å². The molecule has 0 atom stereocenters. The quantitative estimate of drug-likeness (QED) is 0.809. The Morgan fingerprint density at radius 1 is 1.41 bits per heavy atom. The summed E-state index contributed by atoms with van der Waals surface area (Å²) in [6, 6.07) is 4.38. The normalized spacial score (nSPS) is 17.1. The number of rotatable bonds is 2. The minimum absolute atomic E-state index is 0.0628. The van der Waals surface area contributed by atoms with Gasteiger partial charge in [0.25, 0.3) is 5.89 Å². The van der Waals surface area contributed by atoms with Gasteiger partial charge < -0.3 is 10.3 Å². The van der Waals surface area contributed by atoms with Crippen LogP contribution in [0, 0.1) is 5.82 Å².